The number of amides is 2. The number of nitrogens with one attached hydrogen (secondary N) is 1. The van der Waals surface area contributed by atoms with Gasteiger partial charge in [0.15, 0.2) is 0 Å². The first-order valence-corrected chi connectivity index (χ1v) is 8.74. The predicted molar refractivity (Wildman–Crippen MR) is 93.8 cm³/mol. The summed E-state index contributed by atoms with van der Waals surface area (Å²) in [5, 5.41) is 2.74. The van der Waals surface area contributed by atoms with Gasteiger partial charge >= 0.3 is 6.09 Å². The van der Waals surface area contributed by atoms with Crippen molar-refractivity contribution in [2.45, 2.75) is 51.8 Å². The molecule has 1 aliphatic heterocycles. The van der Waals surface area contributed by atoms with Gasteiger partial charge in [-0.15, -0.1) is 0 Å². The lowest BCUT2D eigenvalue weighted by Gasteiger charge is -2.25. The Hall–Kier alpha value is -2.37. The van der Waals surface area contributed by atoms with E-state index in [2.05, 4.69) is 5.32 Å². The van der Waals surface area contributed by atoms with Gasteiger partial charge in [-0.3, -0.25) is 9.69 Å². The number of hydrogen-bond acceptors (Lipinski definition) is 4. The van der Waals surface area contributed by atoms with Gasteiger partial charge in [0.05, 0.1) is 6.04 Å². The number of benzene rings is 1. The average molecular weight is 346 g/mol. The number of hydrogen-bond donors (Lipinski definition) is 1. The van der Waals surface area contributed by atoms with Gasteiger partial charge in [0.2, 0.25) is 5.91 Å². The SMILES string of the molecule is CC(C)C[C@@H](C=O)NC(=O)[C@@H]1CCCN1C(=O)OCc1ccccc1. The number of aldehydes is 1. The lowest BCUT2D eigenvalue weighted by atomic mass is 10.0. The van der Waals surface area contributed by atoms with Crippen molar-refractivity contribution in [1.82, 2.24) is 10.2 Å². The van der Waals surface area contributed by atoms with Crippen LogP contribution in [-0.2, 0) is 20.9 Å². The summed E-state index contributed by atoms with van der Waals surface area (Å²) in [6.45, 7) is 4.65. The highest BCUT2D eigenvalue weighted by molar-refractivity contribution is 5.88. The van der Waals surface area contributed by atoms with Gasteiger partial charge in [-0.2, -0.15) is 0 Å². The maximum Gasteiger partial charge on any atom is 0.410 e. The second-order valence-corrected chi connectivity index (χ2v) is 6.77. The van der Waals surface area contributed by atoms with Crippen molar-refractivity contribution in [3.05, 3.63) is 35.9 Å². The number of carbonyl (C=O) groups excluding carboxylic acids is 3. The van der Waals surface area contributed by atoms with Crippen LogP contribution in [0.2, 0.25) is 0 Å². The van der Waals surface area contributed by atoms with E-state index < -0.39 is 18.2 Å². The molecule has 0 aromatic heterocycles. The number of ether oxygens (including phenoxy) is 1. The highest BCUT2D eigenvalue weighted by Crippen LogP contribution is 2.19. The van der Waals surface area contributed by atoms with E-state index in [-0.39, 0.29) is 12.5 Å². The van der Waals surface area contributed by atoms with E-state index in [4.69, 9.17) is 4.74 Å². The number of rotatable bonds is 7. The van der Waals surface area contributed by atoms with E-state index in [0.717, 1.165) is 18.3 Å². The highest BCUT2D eigenvalue weighted by atomic mass is 16.6. The van der Waals surface area contributed by atoms with Gasteiger partial charge in [0.1, 0.15) is 18.9 Å². The largest absolute Gasteiger partial charge is 0.445 e. The second-order valence-electron chi connectivity index (χ2n) is 6.77. The topological polar surface area (TPSA) is 75.7 Å². The van der Waals surface area contributed by atoms with E-state index >= 15 is 0 Å². The molecule has 1 N–H and O–H groups in total. The average Bonchev–Trinajstić information content (AvgIpc) is 3.09. The van der Waals surface area contributed by atoms with Gasteiger partial charge in [-0.1, -0.05) is 44.2 Å². The fourth-order valence-electron chi connectivity index (χ4n) is 3.00. The molecule has 1 fully saturated rings. The molecule has 0 bridgehead atoms. The lowest BCUT2D eigenvalue weighted by Crippen LogP contribution is -2.49. The van der Waals surface area contributed by atoms with Gasteiger partial charge in [-0.25, -0.2) is 4.79 Å². The van der Waals surface area contributed by atoms with Crippen molar-refractivity contribution in [1.29, 1.82) is 0 Å². The minimum Gasteiger partial charge on any atom is -0.445 e. The fraction of sp³-hybridized carbons (Fsp3) is 0.526. The highest BCUT2D eigenvalue weighted by Gasteiger charge is 2.35. The van der Waals surface area contributed by atoms with Gasteiger partial charge in [0.25, 0.3) is 0 Å². The molecular weight excluding hydrogens is 320 g/mol. The van der Waals surface area contributed by atoms with Crippen molar-refractivity contribution in [3.8, 4) is 0 Å². The van der Waals surface area contributed by atoms with Crippen molar-refractivity contribution in [2.24, 2.45) is 5.92 Å². The third kappa shape index (κ3) is 5.59. The zero-order valence-corrected chi connectivity index (χ0v) is 14.8. The summed E-state index contributed by atoms with van der Waals surface area (Å²) in [7, 11) is 0. The summed E-state index contributed by atoms with van der Waals surface area (Å²) < 4.78 is 5.33. The maximum absolute atomic E-state index is 12.5. The van der Waals surface area contributed by atoms with Crippen LogP contribution in [0.15, 0.2) is 30.3 Å². The van der Waals surface area contributed by atoms with Crippen LogP contribution in [0.5, 0.6) is 0 Å². The van der Waals surface area contributed by atoms with Crippen LogP contribution in [0.25, 0.3) is 0 Å². The molecule has 2 atom stereocenters. The molecule has 0 spiro atoms. The summed E-state index contributed by atoms with van der Waals surface area (Å²) in [6, 6.07) is 8.32. The van der Waals surface area contributed by atoms with Crippen molar-refractivity contribution >= 4 is 18.3 Å². The molecule has 6 heteroatoms. The number of nitrogens with zero attached hydrogens (tertiary/aromatic N) is 1. The Bertz CT molecular complexity index is 588. The molecule has 6 nitrogen and oxygen atoms in total. The monoisotopic (exact) mass is 346 g/mol. The Morgan fingerprint density at radius 3 is 2.68 bits per heavy atom. The fourth-order valence-corrected chi connectivity index (χ4v) is 3.00. The molecule has 2 amide bonds. The van der Waals surface area contributed by atoms with Crippen LogP contribution in [0.3, 0.4) is 0 Å². The van der Waals surface area contributed by atoms with E-state index in [1.165, 1.54) is 4.90 Å². The molecule has 0 radical (unpaired) electrons. The summed E-state index contributed by atoms with van der Waals surface area (Å²) in [4.78, 5) is 37.4. The molecule has 1 aromatic carbocycles. The third-order valence-corrected chi connectivity index (χ3v) is 4.21. The van der Waals surface area contributed by atoms with Crippen LogP contribution in [0.4, 0.5) is 4.79 Å². The van der Waals surface area contributed by atoms with E-state index in [0.29, 0.717) is 25.3 Å². The third-order valence-electron chi connectivity index (χ3n) is 4.21. The number of likely N-dealkylation sites (tertiary alicyclic amines) is 1. The minimum atomic E-state index is -0.571. The van der Waals surface area contributed by atoms with Gasteiger partial charge in [0, 0.05) is 6.54 Å². The Kier molecular flexibility index (Phi) is 6.98. The van der Waals surface area contributed by atoms with E-state index in [9.17, 15) is 14.4 Å². The first-order chi connectivity index (χ1) is 12.0. The minimum absolute atomic E-state index is 0.175. The second kappa shape index (κ2) is 9.20. The van der Waals surface area contributed by atoms with Crippen LogP contribution in [-0.4, -0.2) is 41.8 Å². The van der Waals surface area contributed by atoms with Crippen LogP contribution >= 0.6 is 0 Å². The Morgan fingerprint density at radius 1 is 1.32 bits per heavy atom. The zero-order valence-electron chi connectivity index (χ0n) is 14.8. The first-order valence-electron chi connectivity index (χ1n) is 8.74. The normalized spacial score (nSPS) is 18.0. The maximum atomic E-state index is 12.5. The molecule has 0 aliphatic carbocycles. The van der Waals surface area contributed by atoms with E-state index in [1.54, 1.807) is 0 Å². The Labute approximate surface area is 148 Å². The molecule has 2 rings (SSSR count). The molecular formula is C19H26N2O4. The quantitative estimate of drug-likeness (QED) is 0.770. The smallest absolute Gasteiger partial charge is 0.410 e. The van der Waals surface area contributed by atoms with Crippen LogP contribution < -0.4 is 5.32 Å². The van der Waals surface area contributed by atoms with Crippen molar-refractivity contribution in [3.63, 3.8) is 0 Å². The van der Waals surface area contributed by atoms with Crippen LogP contribution in [0, 0.1) is 5.92 Å². The molecule has 1 heterocycles. The Balaban J connectivity index is 1.90. The Morgan fingerprint density at radius 2 is 2.04 bits per heavy atom. The molecule has 136 valence electrons. The first kappa shape index (κ1) is 19.0. The zero-order chi connectivity index (χ0) is 18.2. The summed E-state index contributed by atoms with van der Waals surface area (Å²) in [5.74, 6) is 0.0120. The van der Waals surface area contributed by atoms with E-state index in [1.807, 2.05) is 44.2 Å². The van der Waals surface area contributed by atoms with Crippen LogP contribution in [0.1, 0.15) is 38.7 Å². The summed E-state index contributed by atoms with van der Waals surface area (Å²) >= 11 is 0. The van der Waals surface area contributed by atoms with Crippen molar-refractivity contribution in [2.75, 3.05) is 6.54 Å². The summed E-state index contributed by atoms with van der Waals surface area (Å²) in [5.41, 5.74) is 0.897. The lowest BCUT2D eigenvalue weighted by molar-refractivity contribution is -0.127. The van der Waals surface area contributed by atoms with Gasteiger partial charge < -0.3 is 14.8 Å². The predicted octanol–water partition coefficient (Wildman–Crippen LogP) is 2.52. The summed E-state index contributed by atoms with van der Waals surface area (Å²) in [6.07, 6.45) is 2.17. The molecule has 1 aliphatic rings. The molecule has 25 heavy (non-hydrogen) atoms. The molecule has 0 saturated carbocycles. The molecule has 1 saturated heterocycles. The standard InChI is InChI=1S/C19H26N2O4/c1-14(2)11-16(12-22)20-18(23)17-9-6-10-21(17)19(24)25-13-15-7-4-3-5-8-15/h3-5,7-8,12,14,16-17H,6,9-11,13H2,1-2H3,(H,20,23)/t16-,17-/m0/s1. The van der Waals surface area contributed by atoms with Crippen molar-refractivity contribution < 1.29 is 19.1 Å². The molecule has 1 aromatic rings. The number of carbonyl (C=O) groups is 3. The molecule has 0 unspecified atom stereocenters. The van der Waals surface area contributed by atoms with Gasteiger partial charge in [-0.05, 0) is 30.7 Å².